The highest BCUT2D eigenvalue weighted by Gasteiger charge is 2.48. The predicted molar refractivity (Wildman–Crippen MR) is 125 cm³/mol. The zero-order valence-electron chi connectivity index (χ0n) is 19.4. The highest BCUT2D eigenvalue weighted by Crippen LogP contribution is 2.58. The molecule has 3 N–H and O–H groups in total. The summed E-state index contributed by atoms with van der Waals surface area (Å²) < 4.78 is 4.97. The van der Waals surface area contributed by atoms with E-state index in [1.165, 1.54) is 50.3 Å². The lowest BCUT2D eigenvalue weighted by molar-refractivity contribution is 0.0862. The van der Waals surface area contributed by atoms with Gasteiger partial charge in [-0.3, -0.25) is 0 Å². The first-order valence-corrected chi connectivity index (χ1v) is 12.4. The van der Waals surface area contributed by atoms with Gasteiger partial charge in [0, 0.05) is 6.42 Å². The average Bonchev–Trinajstić information content (AvgIpc) is 3.41. The van der Waals surface area contributed by atoms with E-state index in [0.717, 1.165) is 42.7 Å². The first-order valence-electron chi connectivity index (χ1n) is 12.4. The van der Waals surface area contributed by atoms with Crippen LogP contribution < -0.4 is 0 Å². The van der Waals surface area contributed by atoms with Crippen LogP contribution in [-0.2, 0) is 0 Å². The second-order valence-corrected chi connectivity index (χ2v) is 10.5. The summed E-state index contributed by atoms with van der Waals surface area (Å²) in [6.07, 6.45) is 17.0. The molecule has 3 aliphatic carbocycles. The van der Waals surface area contributed by atoms with Gasteiger partial charge < -0.3 is 19.7 Å². The van der Waals surface area contributed by atoms with Crippen LogP contribution in [0.25, 0.3) is 0 Å². The quantitative estimate of drug-likeness (QED) is 0.493. The van der Waals surface area contributed by atoms with Crippen molar-refractivity contribution in [3.8, 4) is 0 Å². The van der Waals surface area contributed by atoms with Crippen LogP contribution in [0.2, 0.25) is 0 Å². The number of unbranched alkanes of at least 4 members (excludes halogenated alkanes) is 1. The zero-order valence-corrected chi connectivity index (χ0v) is 19.4. The Balaban J connectivity index is 1.35. The first kappa shape index (κ1) is 23.5. The molecular formula is C27H39NO4. The van der Waals surface area contributed by atoms with Gasteiger partial charge in [-0.1, -0.05) is 44.1 Å². The average molecular weight is 442 g/mol. The number of nitrogens with zero attached hydrogens (tertiary/aromatic N) is 1. The standard InChI is InChI=1S/C27H39NO4/c1-18-20(14-22(29)15-26(18)31)10-9-19-6-5-13-27(2)21(11-12-23(19)27)7-3-4-8-25(30)24-16-32-17-28-24/h9-10,16-17,21-23,25-26,29-31H,1,3-8,11-15H2,2H3/b19-9+,20-10-/t21?,22-,23+,25+,26+,27-/m1/s1. The van der Waals surface area contributed by atoms with Crippen molar-refractivity contribution in [1.29, 1.82) is 0 Å². The summed E-state index contributed by atoms with van der Waals surface area (Å²) in [6.45, 7) is 6.54. The van der Waals surface area contributed by atoms with Crippen LogP contribution in [0.3, 0.4) is 0 Å². The van der Waals surface area contributed by atoms with E-state index in [2.05, 4.69) is 30.6 Å². The Kier molecular flexibility index (Phi) is 7.38. The number of hydrogen-bond donors (Lipinski definition) is 3. The van der Waals surface area contributed by atoms with Crippen LogP contribution >= 0.6 is 0 Å². The Labute approximate surface area is 192 Å². The largest absolute Gasteiger partial charge is 0.451 e. The number of aromatic nitrogens is 1. The van der Waals surface area contributed by atoms with E-state index in [1.54, 1.807) is 0 Å². The fourth-order valence-electron chi connectivity index (χ4n) is 6.55. The van der Waals surface area contributed by atoms with Crippen LogP contribution in [0.15, 0.2) is 52.5 Å². The van der Waals surface area contributed by atoms with Crippen molar-refractivity contribution in [3.63, 3.8) is 0 Å². The van der Waals surface area contributed by atoms with Gasteiger partial charge in [0.1, 0.15) is 12.0 Å². The van der Waals surface area contributed by atoms with Gasteiger partial charge >= 0.3 is 0 Å². The maximum Gasteiger partial charge on any atom is 0.180 e. The fraction of sp³-hybridized carbons (Fsp3) is 0.667. The summed E-state index contributed by atoms with van der Waals surface area (Å²) in [5.41, 5.74) is 4.29. The maximum absolute atomic E-state index is 10.2. The van der Waals surface area contributed by atoms with Gasteiger partial charge in [0.05, 0.1) is 18.3 Å². The molecule has 5 heteroatoms. The van der Waals surface area contributed by atoms with Crippen LogP contribution in [-0.4, -0.2) is 32.5 Å². The Hall–Kier alpha value is -1.69. The predicted octanol–water partition coefficient (Wildman–Crippen LogP) is 5.41. The van der Waals surface area contributed by atoms with E-state index in [4.69, 9.17) is 4.42 Å². The molecule has 4 rings (SSSR count). The highest BCUT2D eigenvalue weighted by molar-refractivity contribution is 5.38. The van der Waals surface area contributed by atoms with E-state index in [0.29, 0.717) is 29.9 Å². The molecule has 5 nitrogen and oxygen atoms in total. The number of allylic oxidation sites excluding steroid dienone is 3. The molecule has 32 heavy (non-hydrogen) atoms. The third-order valence-corrected chi connectivity index (χ3v) is 8.50. The highest BCUT2D eigenvalue weighted by atomic mass is 16.3. The number of hydrogen-bond acceptors (Lipinski definition) is 5. The van der Waals surface area contributed by atoms with Gasteiger partial charge in [0.2, 0.25) is 0 Å². The van der Waals surface area contributed by atoms with Gasteiger partial charge in [-0.25, -0.2) is 4.98 Å². The minimum atomic E-state index is -0.626. The van der Waals surface area contributed by atoms with Crippen molar-refractivity contribution in [2.45, 2.75) is 95.9 Å². The lowest BCUT2D eigenvalue weighted by atomic mass is 9.62. The number of aliphatic hydroxyl groups excluding tert-OH is 3. The Morgan fingerprint density at radius 1 is 1.28 bits per heavy atom. The Morgan fingerprint density at radius 3 is 2.91 bits per heavy atom. The van der Waals surface area contributed by atoms with Gasteiger partial charge in [0.15, 0.2) is 6.39 Å². The minimum Gasteiger partial charge on any atom is -0.451 e. The smallest absolute Gasteiger partial charge is 0.180 e. The molecular weight excluding hydrogens is 402 g/mol. The molecule has 1 heterocycles. The van der Waals surface area contributed by atoms with Crippen molar-refractivity contribution >= 4 is 0 Å². The number of fused-ring (bicyclic) bond motifs is 1. The van der Waals surface area contributed by atoms with Crippen molar-refractivity contribution in [1.82, 2.24) is 4.98 Å². The molecule has 0 aliphatic heterocycles. The van der Waals surface area contributed by atoms with Gasteiger partial charge in [-0.05, 0) is 79.8 Å². The van der Waals surface area contributed by atoms with Crippen molar-refractivity contribution < 1.29 is 19.7 Å². The molecule has 176 valence electrons. The summed E-state index contributed by atoms with van der Waals surface area (Å²) in [7, 11) is 0. The number of rotatable bonds is 7. The molecule has 1 aromatic heterocycles. The van der Waals surface area contributed by atoms with Gasteiger partial charge in [-0.15, -0.1) is 0 Å². The second kappa shape index (κ2) is 10.1. The van der Waals surface area contributed by atoms with E-state index >= 15 is 0 Å². The van der Waals surface area contributed by atoms with Gasteiger partial charge in [0.25, 0.3) is 0 Å². The summed E-state index contributed by atoms with van der Waals surface area (Å²) in [5, 5.41) is 30.4. The molecule has 3 fully saturated rings. The first-order chi connectivity index (χ1) is 15.4. The van der Waals surface area contributed by atoms with Crippen molar-refractivity contribution in [3.05, 3.63) is 53.8 Å². The number of oxazole rings is 1. The van der Waals surface area contributed by atoms with Crippen LogP contribution in [0.5, 0.6) is 0 Å². The molecule has 1 aromatic rings. The maximum atomic E-state index is 10.2. The minimum absolute atomic E-state index is 0.357. The van der Waals surface area contributed by atoms with E-state index in [9.17, 15) is 15.3 Å². The van der Waals surface area contributed by atoms with Crippen LogP contribution in [0, 0.1) is 17.3 Å². The molecule has 6 atom stereocenters. The topological polar surface area (TPSA) is 86.7 Å². The van der Waals surface area contributed by atoms with Crippen molar-refractivity contribution in [2.75, 3.05) is 0 Å². The number of aliphatic hydroxyl groups is 3. The molecule has 0 saturated heterocycles. The Bertz CT molecular complexity index is 842. The monoisotopic (exact) mass is 441 g/mol. The normalized spacial score (nSPS) is 36.6. The van der Waals surface area contributed by atoms with Crippen molar-refractivity contribution in [2.24, 2.45) is 17.3 Å². The lowest BCUT2D eigenvalue weighted by Gasteiger charge is -2.42. The lowest BCUT2D eigenvalue weighted by Crippen LogP contribution is -2.33. The zero-order chi connectivity index (χ0) is 22.7. The molecule has 0 spiro atoms. The SMILES string of the molecule is C=C1/C(=C\C=C2/CCC[C@]3(C)C(CCCC[C@H](O)c4cocn4)CC[C@@H]23)C[C@@H](O)C[C@@H]1O. The summed E-state index contributed by atoms with van der Waals surface area (Å²) >= 11 is 0. The summed E-state index contributed by atoms with van der Waals surface area (Å²) in [4.78, 5) is 4.05. The molecule has 0 amide bonds. The van der Waals surface area contributed by atoms with E-state index < -0.39 is 18.3 Å². The third-order valence-electron chi connectivity index (χ3n) is 8.50. The molecule has 3 saturated carbocycles. The van der Waals surface area contributed by atoms with E-state index in [-0.39, 0.29) is 0 Å². The summed E-state index contributed by atoms with van der Waals surface area (Å²) in [5.74, 6) is 1.37. The van der Waals surface area contributed by atoms with Gasteiger partial charge in [-0.2, -0.15) is 0 Å². The van der Waals surface area contributed by atoms with Crippen LogP contribution in [0.1, 0.15) is 89.4 Å². The second-order valence-electron chi connectivity index (χ2n) is 10.5. The fourth-order valence-corrected chi connectivity index (χ4v) is 6.55. The Morgan fingerprint density at radius 2 is 2.12 bits per heavy atom. The molecule has 0 radical (unpaired) electrons. The van der Waals surface area contributed by atoms with Crippen LogP contribution in [0.4, 0.5) is 0 Å². The molecule has 1 unspecified atom stereocenters. The third kappa shape index (κ3) is 4.95. The molecule has 0 aromatic carbocycles. The summed E-state index contributed by atoms with van der Waals surface area (Å²) in [6, 6.07) is 0. The van der Waals surface area contributed by atoms with E-state index in [1.807, 2.05) is 0 Å². The molecule has 3 aliphatic rings. The molecule has 0 bridgehead atoms.